The molecule has 1 fully saturated rings. The van der Waals surface area contributed by atoms with Crippen molar-refractivity contribution >= 4 is 5.91 Å². The maximum absolute atomic E-state index is 12.2. The zero-order valence-corrected chi connectivity index (χ0v) is 12.4. The number of oxazole rings is 1. The number of carbonyl (C=O) groups is 1. The zero-order valence-electron chi connectivity index (χ0n) is 12.4. The third-order valence-corrected chi connectivity index (χ3v) is 4.27. The molecule has 0 aromatic carbocycles. The lowest BCUT2D eigenvalue weighted by Gasteiger charge is -2.35. The number of aryl methyl sites for hydroxylation is 1. The number of hydrogen-bond acceptors (Lipinski definition) is 4. The first-order valence-electron chi connectivity index (χ1n) is 7.46. The molecule has 1 aromatic rings. The van der Waals surface area contributed by atoms with E-state index in [9.17, 15) is 4.79 Å². The number of nitrogens with zero attached hydrogens (tertiary/aromatic N) is 1. The number of hydrogen-bond donors (Lipinski definition) is 2. The van der Waals surface area contributed by atoms with Gasteiger partial charge in [0.25, 0.3) is 0 Å². The van der Waals surface area contributed by atoms with Crippen molar-refractivity contribution in [1.82, 2.24) is 10.3 Å². The molecule has 1 unspecified atom stereocenters. The Morgan fingerprint density at radius 2 is 2.20 bits per heavy atom. The maximum Gasteiger partial charge on any atom is 0.221 e. The summed E-state index contributed by atoms with van der Waals surface area (Å²) in [5.74, 6) is 1.36. The number of nitrogens with one attached hydrogen (secondary N) is 1. The fraction of sp³-hybridized carbons (Fsp3) is 0.733. The Labute approximate surface area is 120 Å². The molecule has 1 heterocycles. The van der Waals surface area contributed by atoms with E-state index in [0.29, 0.717) is 18.9 Å². The molecule has 0 bridgehead atoms. The molecular formula is C15H25N3O2. The average molecular weight is 279 g/mol. The minimum atomic E-state index is -0.199. The minimum Gasteiger partial charge on any atom is -0.444 e. The molecule has 0 aliphatic heterocycles. The topological polar surface area (TPSA) is 81.2 Å². The van der Waals surface area contributed by atoms with E-state index in [1.54, 1.807) is 6.20 Å². The van der Waals surface area contributed by atoms with Crippen LogP contribution in [0.15, 0.2) is 10.6 Å². The minimum absolute atomic E-state index is 0.00539. The van der Waals surface area contributed by atoms with Crippen LogP contribution in [0.25, 0.3) is 0 Å². The SMILES string of the molecule is Cc1cnc(C(C)NC(=O)CC2(CN)CCCCC2)o1. The predicted octanol–water partition coefficient (Wildman–Crippen LogP) is 2.46. The van der Waals surface area contributed by atoms with E-state index < -0.39 is 0 Å². The van der Waals surface area contributed by atoms with Gasteiger partial charge in [0.2, 0.25) is 11.8 Å². The molecule has 0 saturated heterocycles. The van der Waals surface area contributed by atoms with Gasteiger partial charge in [-0.2, -0.15) is 0 Å². The van der Waals surface area contributed by atoms with E-state index in [4.69, 9.17) is 10.2 Å². The van der Waals surface area contributed by atoms with Crippen LogP contribution in [-0.4, -0.2) is 17.4 Å². The summed E-state index contributed by atoms with van der Waals surface area (Å²) in [6.07, 6.45) is 7.91. The van der Waals surface area contributed by atoms with E-state index in [1.807, 2.05) is 13.8 Å². The van der Waals surface area contributed by atoms with E-state index >= 15 is 0 Å². The molecule has 112 valence electrons. The summed E-state index contributed by atoms with van der Waals surface area (Å²) in [6.45, 7) is 4.32. The Hall–Kier alpha value is -1.36. The van der Waals surface area contributed by atoms with Gasteiger partial charge in [0.05, 0.1) is 6.20 Å². The second-order valence-electron chi connectivity index (χ2n) is 6.04. The Morgan fingerprint density at radius 1 is 1.50 bits per heavy atom. The monoisotopic (exact) mass is 279 g/mol. The molecular weight excluding hydrogens is 254 g/mol. The lowest BCUT2D eigenvalue weighted by molar-refractivity contribution is -0.124. The highest BCUT2D eigenvalue weighted by atomic mass is 16.4. The van der Waals surface area contributed by atoms with Gasteiger partial charge in [-0.05, 0) is 38.6 Å². The first kappa shape index (κ1) is 15.0. The van der Waals surface area contributed by atoms with Gasteiger partial charge >= 0.3 is 0 Å². The summed E-state index contributed by atoms with van der Waals surface area (Å²) >= 11 is 0. The van der Waals surface area contributed by atoms with Crippen LogP contribution in [0.3, 0.4) is 0 Å². The van der Waals surface area contributed by atoms with Gasteiger partial charge < -0.3 is 15.5 Å². The molecule has 5 heteroatoms. The zero-order chi connectivity index (χ0) is 14.6. The number of aromatic nitrogens is 1. The van der Waals surface area contributed by atoms with Crippen molar-refractivity contribution in [2.45, 2.75) is 58.4 Å². The molecule has 2 rings (SSSR count). The van der Waals surface area contributed by atoms with E-state index in [0.717, 1.165) is 18.6 Å². The van der Waals surface area contributed by atoms with Crippen molar-refractivity contribution in [1.29, 1.82) is 0 Å². The smallest absolute Gasteiger partial charge is 0.221 e. The number of amides is 1. The van der Waals surface area contributed by atoms with Gasteiger partial charge in [-0.15, -0.1) is 0 Å². The third kappa shape index (κ3) is 3.60. The first-order valence-corrected chi connectivity index (χ1v) is 7.46. The summed E-state index contributed by atoms with van der Waals surface area (Å²) in [7, 11) is 0. The molecule has 1 saturated carbocycles. The Bertz CT molecular complexity index is 450. The van der Waals surface area contributed by atoms with Gasteiger partial charge in [-0.3, -0.25) is 4.79 Å². The van der Waals surface area contributed by atoms with Gasteiger partial charge in [0, 0.05) is 6.42 Å². The van der Waals surface area contributed by atoms with Crippen molar-refractivity contribution in [3.63, 3.8) is 0 Å². The standard InChI is InChI=1S/C15H25N3O2/c1-11-9-17-14(20-11)12(2)18-13(19)8-15(10-16)6-4-3-5-7-15/h9,12H,3-8,10,16H2,1-2H3,(H,18,19). The summed E-state index contributed by atoms with van der Waals surface area (Å²) in [4.78, 5) is 16.4. The Balaban J connectivity index is 1.91. The van der Waals surface area contributed by atoms with Gasteiger partial charge in [-0.25, -0.2) is 4.98 Å². The van der Waals surface area contributed by atoms with E-state index in [2.05, 4.69) is 10.3 Å². The fourth-order valence-electron chi connectivity index (χ4n) is 3.02. The van der Waals surface area contributed by atoms with Crippen LogP contribution in [0.1, 0.15) is 63.1 Å². The molecule has 1 atom stereocenters. The van der Waals surface area contributed by atoms with Gasteiger partial charge in [0.15, 0.2) is 0 Å². The van der Waals surface area contributed by atoms with Crippen molar-refractivity contribution in [2.24, 2.45) is 11.1 Å². The molecule has 1 aliphatic rings. The summed E-state index contributed by atoms with van der Waals surface area (Å²) in [6, 6.07) is -0.199. The third-order valence-electron chi connectivity index (χ3n) is 4.27. The van der Waals surface area contributed by atoms with Crippen LogP contribution in [0.4, 0.5) is 0 Å². The highest BCUT2D eigenvalue weighted by Crippen LogP contribution is 2.38. The van der Waals surface area contributed by atoms with Crippen LogP contribution in [0.2, 0.25) is 0 Å². The van der Waals surface area contributed by atoms with Crippen LogP contribution >= 0.6 is 0 Å². The highest BCUT2D eigenvalue weighted by Gasteiger charge is 2.33. The largest absolute Gasteiger partial charge is 0.444 e. The number of carbonyl (C=O) groups excluding carboxylic acids is 1. The van der Waals surface area contributed by atoms with Crippen LogP contribution in [0.5, 0.6) is 0 Å². The van der Waals surface area contributed by atoms with Crippen LogP contribution in [-0.2, 0) is 4.79 Å². The normalized spacial score (nSPS) is 19.6. The number of nitrogens with two attached hydrogens (primary N) is 1. The van der Waals surface area contributed by atoms with Crippen LogP contribution < -0.4 is 11.1 Å². The molecule has 20 heavy (non-hydrogen) atoms. The van der Waals surface area contributed by atoms with Crippen LogP contribution in [0, 0.1) is 12.3 Å². The molecule has 1 aromatic heterocycles. The van der Waals surface area contributed by atoms with Crippen molar-refractivity contribution in [3.05, 3.63) is 17.8 Å². The Kier molecular flexibility index (Phi) is 4.81. The maximum atomic E-state index is 12.2. The van der Waals surface area contributed by atoms with Gasteiger partial charge in [-0.1, -0.05) is 19.3 Å². The summed E-state index contributed by atoms with van der Waals surface area (Å²) < 4.78 is 5.44. The van der Waals surface area contributed by atoms with Gasteiger partial charge in [0.1, 0.15) is 11.8 Å². The van der Waals surface area contributed by atoms with Crippen molar-refractivity contribution < 1.29 is 9.21 Å². The van der Waals surface area contributed by atoms with Crippen molar-refractivity contribution in [2.75, 3.05) is 6.54 Å². The summed E-state index contributed by atoms with van der Waals surface area (Å²) in [5, 5.41) is 2.97. The molecule has 0 spiro atoms. The highest BCUT2D eigenvalue weighted by molar-refractivity contribution is 5.77. The molecule has 1 aliphatic carbocycles. The first-order chi connectivity index (χ1) is 9.54. The number of rotatable bonds is 5. The molecule has 5 nitrogen and oxygen atoms in total. The average Bonchev–Trinajstić information content (AvgIpc) is 2.86. The second kappa shape index (κ2) is 6.39. The lowest BCUT2D eigenvalue weighted by atomic mass is 9.71. The van der Waals surface area contributed by atoms with E-state index in [1.165, 1.54) is 19.3 Å². The Morgan fingerprint density at radius 3 is 2.75 bits per heavy atom. The second-order valence-corrected chi connectivity index (χ2v) is 6.04. The predicted molar refractivity (Wildman–Crippen MR) is 77.0 cm³/mol. The molecule has 1 amide bonds. The van der Waals surface area contributed by atoms with E-state index in [-0.39, 0.29) is 17.4 Å². The fourth-order valence-corrected chi connectivity index (χ4v) is 3.02. The molecule has 0 radical (unpaired) electrons. The lowest BCUT2D eigenvalue weighted by Crippen LogP contribution is -2.39. The molecule has 3 N–H and O–H groups in total. The summed E-state index contributed by atoms with van der Waals surface area (Å²) in [5.41, 5.74) is 5.92. The quantitative estimate of drug-likeness (QED) is 0.867. The van der Waals surface area contributed by atoms with Crippen molar-refractivity contribution in [3.8, 4) is 0 Å².